The van der Waals surface area contributed by atoms with Crippen molar-refractivity contribution in [2.75, 3.05) is 33.9 Å². The van der Waals surface area contributed by atoms with Crippen LogP contribution in [0.4, 0.5) is 0 Å². The Kier molecular flexibility index (Phi) is 6.46. The summed E-state index contributed by atoms with van der Waals surface area (Å²) < 4.78 is 10.7. The fourth-order valence-electron chi connectivity index (χ4n) is 2.67. The number of hydrogen-bond acceptors (Lipinski definition) is 4. The van der Waals surface area contributed by atoms with Gasteiger partial charge in [-0.3, -0.25) is 9.79 Å². The molecular weight excluding hydrogens is 296 g/mol. The van der Waals surface area contributed by atoms with E-state index in [2.05, 4.69) is 15.2 Å². The molecule has 7 heteroatoms. The van der Waals surface area contributed by atoms with Crippen molar-refractivity contribution >= 4 is 11.9 Å². The van der Waals surface area contributed by atoms with Crippen LogP contribution < -0.4 is 11.1 Å². The molecule has 1 aromatic rings. The van der Waals surface area contributed by atoms with E-state index in [4.69, 9.17) is 14.9 Å². The van der Waals surface area contributed by atoms with Gasteiger partial charge in [0.25, 0.3) is 5.91 Å². The van der Waals surface area contributed by atoms with Gasteiger partial charge in [-0.15, -0.1) is 0 Å². The minimum atomic E-state index is -0.561. The second-order valence-corrected chi connectivity index (χ2v) is 5.80. The zero-order valence-electron chi connectivity index (χ0n) is 13.9. The van der Waals surface area contributed by atoms with Gasteiger partial charge in [-0.25, -0.2) is 0 Å². The van der Waals surface area contributed by atoms with E-state index in [0.29, 0.717) is 12.3 Å². The molecule has 1 saturated heterocycles. The van der Waals surface area contributed by atoms with Crippen molar-refractivity contribution in [2.45, 2.75) is 25.8 Å². The first kappa shape index (κ1) is 17.3. The van der Waals surface area contributed by atoms with Crippen LogP contribution in [0, 0.1) is 5.92 Å². The van der Waals surface area contributed by atoms with E-state index in [0.717, 1.165) is 50.9 Å². The number of nitrogens with one attached hydrogen (secondary N) is 1. The number of guanidine groups is 1. The van der Waals surface area contributed by atoms with E-state index < -0.39 is 5.91 Å². The third kappa shape index (κ3) is 5.28. The van der Waals surface area contributed by atoms with Crippen molar-refractivity contribution in [1.82, 2.24) is 10.2 Å². The Bertz CT molecular complexity index is 535. The standard InChI is InChI=1S/C16H26N4O3/c1-18-16(19-11-13-3-4-14(23-13)15(17)21)20(2)8-5-12-6-9-22-10-7-12/h3-4,12H,5-11H2,1-2H3,(H2,17,21)(H,18,19). The summed E-state index contributed by atoms with van der Waals surface area (Å²) in [6, 6.07) is 3.32. The number of carbonyl (C=O) groups is 1. The van der Waals surface area contributed by atoms with Crippen molar-refractivity contribution in [3.63, 3.8) is 0 Å². The van der Waals surface area contributed by atoms with E-state index in [1.54, 1.807) is 19.2 Å². The highest BCUT2D eigenvalue weighted by atomic mass is 16.5. The van der Waals surface area contributed by atoms with E-state index >= 15 is 0 Å². The lowest BCUT2D eigenvalue weighted by Gasteiger charge is -2.26. The predicted octanol–water partition coefficient (Wildman–Crippen LogP) is 1.20. The molecule has 0 spiro atoms. The molecule has 1 aliphatic heterocycles. The van der Waals surface area contributed by atoms with Gasteiger partial charge in [-0.05, 0) is 37.3 Å². The summed E-state index contributed by atoms with van der Waals surface area (Å²) in [6.07, 6.45) is 3.41. The second-order valence-electron chi connectivity index (χ2n) is 5.80. The van der Waals surface area contributed by atoms with Crippen LogP contribution in [0.3, 0.4) is 0 Å². The highest BCUT2D eigenvalue weighted by Gasteiger charge is 2.15. The number of nitrogens with two attached hydrogens (primary N) is 1. The fourth-order valence-corrected chi connectivity index (χ4v) is 2.67. The molecule has 0 bridgehead atoms. The van der Waals surface area contributed by atoms with Gasteiger partial charge in [0.05, 0.1) is 6.54 Å². The average molecular weight is 322 g/mol. The maximum atomic E-state index is 11.0. The van der Waals surface area contributed by atoms with Gasteiger partial charge in [0, 0.05) is 33.9 Å². The van der Waals surface area contributed by atoms with Crippen LogP contribution in [0.25, 0.3) is 0 Å². The lowest BCUT2D eigenvalue weighted by Crippen LogP contribution is -2.39. The molecule has 0 atom stereocenters. The summed E-state index contributed by atoms with van der Waals surface area (Å²) in [4.78, 5) is 17.4. The molecule has 1 amide bonds. The molecule has 128 valence electrons. The number of primary amides is 1. The summed E-state index contributed by atoms with van der Waals surface area (Å²) in [6.45, 7) is 3.15. The van der Waals surface area contributed by atoms with Crippen LogP contribution in [-0.2, 0) is 11.3 Å². The molecule has 0 aromatic carbocycles. The molecular formula is C16H26N4O3. The van der Waals surface area contributed by atoms with Gasteiger partial charge in [-0.1, -0.05) is 0 Å². The lowest BCUT2D eigenvalue weighted by molar-refractivity contribution is 0.0625. The lowest BCUT2D eigenvalue weighted by atomic mass is 9.96. The van der Waals surface area contributed by atoms with E-state index in [1.807, 2.05) is 7.05 Å². The smallest absolute Gasteiger partial charge is 0.284 e. The van der Waals surface area contributed by atoms with E-state index in [1.165, 1.54) is 0 Å². The number of carbonyl (C=O) groups excluding carboxylic acids is 1. The minimum absolute atomic E-state index is 0.171. The zero-order valence-corrected chi connectivity index (χ0v) is 13.9. The molecule has 0 aliphatic carbocycles. The van der Waals surface area contributed by atoms with Gasteiger partial charge in [-0.2, -0.15) is 0 Å². The SMILES string of the molecule is CN=C(NCc1ccc(C(N)=O)o1)N(C)CCC1CCOCC1. The third-order valence-electron chi connectivity index (χ3n) is 4.11. The highest BCUT2D eigenvalue weighted by Crippen LogP contribution is 2.18. The molecule has 0 unspecified atom stereocenters. The van der Waals surface area contributed by atoms with Crippen molar-refractivity contribution in [2.24, 2.45) is 16.6 Å². The Balaban J connectivity index is 1.77. The van der Waals surface area contributed by atoms with Crippen LogP contribution >= 0.6 is 0 Å². The molecule has 0 saturated carbocycles. The first-order valence-corrected chi connectivity index (χ1v) is 7.98. The first-order valence-electron chi connectivity index (χ1n) is 7.98. The zero-order chi connectivity index (χ0) is 16.7. The summed E-state index contributed by atoms with van der Waals surface area (Å²) in [7, 11) is 3.77. The van der Waals surface area contributed by atoms with Gasteiger partial charge in [0.2, 0.25) is 0 Å². The molecule has 23 heavy (non-hydrogen) atoms. The van der Waals surface area contributed by atoms with Crippen LogP contribution in [0.5, 0.6) is 0 Å². The minimum Gasteiger partial charge on any atom is -0.454 e. The topological polar surface area (TPSA) is 93.1 Å². The van der Waals surface area contributed by atoms with Crippen molar-refractivity contribution in [3.8, 4) is 0 Å². The maximum Gasteiger partial charge on any atom is 0.284 e. The number of ether oxygens (including phenoxy) is 1. The Labute approximate surface area is 136 Å². The number of rotatable bonds is 6. The van der Waals surface area contributed by atoms with Gasteiger partial charge in [0.15, 0.2) is 11.7 Å². The summed E-state index contributed by atoms with van der Waals surface area (Å²) >= 11 is 0. The third-order valence-corrected chi connectivity index (χ3v) is 4.11. The Morgan fingerprint density at radius 2 is 2.17 bits per heavy atom. The van der Waals surface area contributed by atoms with Crippen LogP contribution in [0.15, 0.2) is 21.5 Å². The van der Waals surface area contributed by atoms with Crippen LogP contribution in [0.1, 0.15) is 35.6 Å². The fraction of sp³-hybridized carbons (Fsp3) is 0.625. The number of nitrogens with zero attached hydrogens (tertiary/aromatic N) is 2. The summed E-state index contributed by atoms with van der Waals surface area (Å²) in [5.41, 5.74) is 5.17. The molecule has 2 rings (SSSR count). The second kappa shape index (κ2) is 8.57. The Hall–Kier alpha value is -2.02. The normalized spacial score (nSPS) is 16.3. The molecule has 7 nitrogen and oxygen atoms in total. The summed E-state index contributed by atoms with van der Waals surface area (Å²) in [5.74, 6) is 1.79. The quantitative estimate of drug-likeness (QED) is 0.606. The largest absolute Gasteiger partial charge is 0.454 e. The monoisotopic (exact) mass is 322 g/mol. The number of furan rings is 1. The maximum absolute atomic E-state index is 11.0. The Morgan fingerprint density at radius 3 is 2.78 bits per heavy atom. The van der Waals surface area contributed by atoms with Gasteiger partial charge in [0.1, 0.15) is 5.76 Å². The van der Waals surface area contributed by atoms with E-state index in [9.17, 15) is 4.79 Å². The van der Waals surface area contributed by atoms with Crippen molar-refractivity contribution in [1.29, 1.82) is 0 Å². The van der Waals surface area contributed by atoms with E-state index in [-0.39, 0.29) is 5.76 Å². The van der Waals surface area contributed by atoms with Crippen LogP contribution in [0.2, 0.25) is 0 Å². The van der Waals surface area contributed by atoms with Crippen molar-refractivity contribution in [3.05, 3.63) is 23.7 Å². The molecule has 3 N–H and O–H groups in total. The number of hydrogen-bond donors (Lipinski definition) is 2. The molecule has 0 radical (unpaired) electrons. The number of aliphatic imine (C=N–C) groups is 1. The molecule has 2 heterocycles. The molecule has 1 aliphatic rings. The molecule has 1 fully saturated rings. The predicted molar refractivity (Wildman–Crippen MR) is 88.2 cm³/mol. The number of amides is 1. The first-order chi connectivity index (χ1) is 11.1. The average Bonchev–Trinajstić information content (AvgIpc) is 3.04. The van der Waals surface area contributed by atoms with Gasteiger partial charge >= 0.3 is 0 Å². The summed E-state index contributed by atoms with van der Waals surface area (Å²) in [5, 5.41) is 3.23. The van der Waals surface area contributed by atoms with Gasteiger partial charge < -0.3 is 25.1 Å². The Morgan fingerprint density at radius 1 is 1.43 bits per heavy atom. The van der Waals surface area contributed by atoms with Crippen LogP contribution in [-0.4, -0.2) is 50.6 Å². The highest BCUT2D eigenvalue weighted by molar-refractivity contribution is 5.89. The molecule has 1 aromatic heterocycles. The van der Waals surface area contributed by atoms with Crippen molar-refractivity contribution < 1.29 is 13.9 Å².